The van der Waals surface area contributed by atoms with Crippen LogP contribution in [-0.2, 0) is 11.2 Å². The molecule has 0 spiro atoms. The first-order valence-electron chi connectivity index (χ1n) is 7.40. The predicted molar refractivity (Wildman–Crippen MR) is 80.7 cm³/mol. The second-order valence-corrected chi connectivity index (χ2v) is 5.28. The Kier molecular flexibility index (Phi) is 5.14. The van der Waals surface area contributed by atoms with Crippen molar-refractivity contribution < 1.29 is 4.74 Å². The number of ether oxygens (including phenoxy) is 1. The highest BCUT2D eigenvalue weighted by Gasteiger charge is 2.27. The van der Waals surface area contributed by atoms with Crippen LogP contribution in [0.3, 0.4) is 0 Å². The first kappa shape index (κ1) is 15.0. The van der Waals surface area contributed by atoms with Crippen LogP contribution in [0.5, 0.6) is 0 Å². The average Bonchev–Trinajstić information content (AvgIpc) is 2.47. The van der Waals surface area contributed by atoms with E-state index in [9.17, 15) is 0 Å². The molecule has 0 radical (unpaired) electrons. The number of nitrogens with one attached hydrogen (secondary N) is 1. The molecule has 20 heavy (non-hydrogen) atoms. The van der Waals surface area contributed by atoms with Crippen molar-refractivity contribution in [2.75, 3.05) is 23.5 Å². The zero-order valence-electron chi connectivity index (χ0n) is 12.6. The minimum absolute atomic E-state index is 0.219. The van der Waals surface area contributed by atoms with E-state index in [1.54, 1.807) is 0 Å². The first-order chi connectivity index (χ1) is 9.67. The Morgan fingerprint density at radius 2 is 2.25 bits per heavy atom. The molecule has 6 nitrogen and oxygen atoms in total. The Labute approximate surface area is 120 Å². The number of aromatic nitrogens is 2. The van der Waals surface area contributed by atoms with E-state index in [1.165, 1.54) is 0 Å². The van der Waals surface area contributed by atoms with Crippen LogP contribution in [-0.4, -0.2) is 35.3 Å². The number of hydrogen-bond donors (Lipinski definition) is 2. The Bertz CT molecular complexity index is 440. The molecule has 2 unspecified atom stereocenters. The smallest absolute Gasteiger partial charge is 0.145 e. The summed E-state index contributed by atoms with van der Waals surface area (Å²) >= 11 is 0. The fourth-order valence-corrected chi connectivity index (χ4v) is 2.50. The molecule has 1 fully saturated rings. The van der Waals surface area contributed by atoms with Crippen LogP contribution < -0.4 is 16.2 Å². The quantitative estimate of drug-likeness (QED) is 0.631. The molecule has 1 aromatic heterocycles. The van der Waals surface area contributed by atoms with Gasteiger partial charge in [-0.3, -0.25) is 0 Å². The first-order valence-corrected chi connectivity index (χ1v) is 7.40. The highest BCUT2D eigenvalue weighted by Crippen LogP contribution is 2.23. The summed E-state index contributed by atoms with van der Waals surface area (Å²) in [5, 5.41) is 0. The molecule has 0 aromatic carbocycles. The number of morpholine rings is 1. The van der Waals surface area contributed by atoms with Gasteiger partial charge in [0.05, 0.1) is 18.8 Å². The average molecular weight is 279 g/mol. The van der Waals surface area contributed by atoms with Gasteiger partial charge < -0.3 is 15.1 Å². The minimum Gasteiger partial charge on any atom is -0.375 e. The number of nitrogen functional groups attached to an aromatic ring is 1. The molecule has 1 aliphatic heterocycles. The van der Waals surface area contributed by atoms with Crippen molar-refractivity contribution in [1.29, 1.82) is 0 Å². The summed E-state index contributed by atoms with van der Waals surface area (Å²) in [6.07, 6.45) is 3.13. The molecule has 2 heterocycles. The Morgan fingerprint density at radius 3 is 2.90 bits per heavy atom. The van der Waals surface area contributed by atoms with Gasteiger partial charge in [-0.05, 0) is 19.8 Å². The second-order valence-electron chi connectivity index (χ2n) is 5.28. The van der Waals surface area contributed by atoms with Crippen LogP contribution in [0.25, 0.3) is 0 Å². The Morgan fingerprint density at radius 1 is 1.45 bits per heavy atom. The van der Waals surface area contributed by atoms with Gasteiger partial charge in [-0.25, -0.2) is 15.8 Å². The lowest BCUT2D eigenvalue weighted by molar-refractivity contribution is 0.0296. The van der Waals surface area contributed by atoms with Crippen molar-refractivity contribution in [3.63, 3.8) is 0 Å². The fraction of sp³-hybridized carbons (Fsp3) is 0.714. The molecular weight excluding hydrogens is 254 g/mol. The molecule has 112 valence electrons. The highest BCUT2D eigenvalue weighted by molar-refractivity contribution is 5.50. The number of nitrogens with zero attached hydrogens (tertiary/aromatic N) is 3. The summed E-state index contributed by atoms with van der Waals surface area (Å²) in [7, 11) is 0. The van der Waals surface area contributed by atoms with E-state index in [0.717, 1.165) is 44.1 Å². The summed E-state index contributed by atoms with van der Waals surface area (Å²) in [6, 6.07) is 2.28. The monoisotopic (exact) mass is 279 g/mol. The number of aryl methyl sites for hydroxylation is 1. The molecular formula is C14H25N5O. The molecule has 1 aromatic rings. The summed E-state index contributed by atoms with van der Waals surface area (Å²) in [4.78, 5) is 11.4. The lowest BCUT2D eigenvalue weighted by Gasteiger charge is -2.39. The molecule has 3 N–H and O–H groups in total. The molecule has 2 atom stereocenters. The summed E-state index contributed by atoms with van der Waals surface area (Å²) in [5.41, 5.74) is 2.64. The molecule has 2 rings (SSSR count). The van der Waals surface area contributed by atoms with Crippen molar-refractivity contribution >= 4 is 11.6 Å². The van der Waals surface area contributed by atoms with Gasteiger partial charge in [-0.1, -0.05) is 13.8 Å². The van der Waals surface area contributed by atoms with Crippen LogP contribution in [0, 0.1) is 0 Å². The van der Waals surface area contributed by atoms with Crippen molar-refractivity contribution in [2.45, 2.75) is 52.2 Å². The topological polar surface area (TPSA) is 76.3 Å². The fourth-order valence-electron chi connectivity index (χ4n) is 2.50. The van der Waals surface area contributed by atoms with E-state index in [-0.39, 0.29) is 6.10 Å². The Balaban J connectivity index is 2.30. The lowest BCUT2D eigenvalue weighted by Crippen LogP contribution is -2.49. The van der Waals surface area contributed by atoms with Crippen molar-refractivity contribution in [3.8, 4) is 0 Å². The minimum atomic E-state index is 0.219. The third-order valence-corrected chi connectivity index (χ3v) is 3.61. The van der Waals surface area contributed by atoms with Crippen LogP contribution in [0.1, 0.15) is 39.4 Å². The van der Waals surface area contributed by atoms with E-state index >= 15 is 0 Å². The van der Waals surface area contributed by atoms with Gasteiger partial charge in [0.25, 0.3) is 0 Å². The molecule has 1 saturated heterocycles. The van der Waals surface area contributed by atoms with E-state index in [0.29, 0.717) is 11.9 Å². The SMILES string of the molecule is CCCc1nc(NN)cc(N2CC(C)OCC2CC)n1. The molecule has 1 aliphatic rings. The van der Waals surface area contributed by atoms with Crippen LogP contribution in [0.4, 0.5) is 11.6 Å². The van der Waals surface area contributed by atoms with Gasteiger partial charge in [-0.15, -0.1) is 0 Å². The maximum atomic E-state index is 5.74. The Hall–Kier alpha value is -1.40. The maximum absolute atomic E-state index is 5.74. The zero-order chi connectivity index (χ0) is 14.5. The predicted octanol–water partition coefficient (Wildman–Crippen LogP) is 1.72. The van der Waals surface area contributed by atoms with E-state index in [4.69, 9.17) is 15.6 Å². The highest BCUT2D eigenvalue weighted by atomic mass is 16.5. The molecule has 0 aliphatic carbocycles. The van der Waals surface area contributed by atoms with Gasteiger partial charge in [-0.2, -0.15) is 0 Å². The third-order valence-electron chi connectivity index (χ3n) is 3.61. The lowest BCUT2D eigenvalue weighted by atomic mass is 10.1. The van der Waals surface area contributed by atoms with Crippen LogP contribution >= 0.6 is 0 Å². The molecule has 6 heteroatoms. The third kappa shape index (κ3) is 3.37. The van der Waals surface area contributed by atoms with Gasteiger partial charge in [0.1, 0.15) is 17.5 Å². The molecule has 0 saturated carbocycles. The second kappa shape index (κ2) is 6.85. The zero-order valence-corrected chi connectivity index (χ0v) is 12.6. The molecule has 0 amide bonds. The summed E-state index contributed by atoms with van der Waals surface area (Å²) in [5.74, 6) is 7.98. The van der Waals surface area contributed by atoms with Crippen molar-refractivity contribution in [3.05, 3.63) is 11.9 Å². The number of anilines is 2. The van der Waals surface area contributed by atoms with Gasteiger partial charge in [0, 0.05) is 19.0 Å². The normalized spacial score (nSPS) is 22.9. The number of hydrazine groups is 1. The summed E-state index contributed by atoms with van der Waals surface area (Å²) < 4.78 is 5.74. The molecule has 0 bridgehead atoms. The maximum Gasteiger partial charge on any atom is 0.145 e. The standard InChI is InChI=1S/C14H25N5O/c1-4-6-12-16-13(18-15)7-14(17-12)19-8-10(3)20-9-11(19)5-2/h7,10-11H,4-6,8-9,15H2,1-3H3,(H,16,17,18). The van der Waals surface area contributed by atoms with Crippen LogP contribution in [0.2, 0.25) is 0 Å². The number of nitrogens with two attached hydrogens (primary N) is 1. The van der Waals surface area contributed by atoms with Gasteiger partial charge in [0.2, 0.25) is 0 Å². The van der Waals surface area contributed by atoms with Crippen LogP contribution in [0.15, 0.2) is 6.07 Å². The van der Waals surface area contributed by atoms with Crippen molar-refractivity contribution in [1.82, 2.24) is 9.97 Å². The number of hydrogen-bond acceptors (Lipinski definition) is 6. The van der Waals surface area contributed by atoms with E-state index in [2.05, 4.69) is 36.1 Å². The summed E-state index contributed by atoms with van der Waals surface area (Å²) in [6.45, 7) is 7.99. The number of rotatable bonds is 5. The van der Waals surface area contributed by atoms with Gasteiger partial charge in [0.15, 0.2) is 0 Å². The van der Waals surface area contributed by atoms with Gasteiger partial charge >= 0.3 is 0 Å². The largest absolute Gasteiger partial charge is 0.375 e. The van der Waals surface area contributed by atoms with Crippen molar-refractivity contribution in [2.24, 2.45) is 5.84 Å². The van der Waals surface area contributed by atoms with E-state index < -0.39 is 0 Å². The van der Waals surface area contributed by atoms with E-state index in [1.807, 2.05) is 6.07 Å².